The smallest absolute Gasteiger partial charge is 0.129 e. The molecule has 0 aliphatic rings. The van der Waals surface area contributed by atoms with Gasteiger partial charge in [0.15, 0.2) is 0 Å². The Labute approximate surface area is 133 Å². The molecule has 0 aliphatic heterocycles. The first-order chi connectivity index (χ1) is 10.8. The van der Waals surface area contributed by atoms with Crippen molar-refractivity contribution in [3.8, 4) is 0 Å². The standard InChI is InChI=1S/C20H21NP/c1-17(21)22(18-11-5-2-6-12-18,19-13-7-3-8-14-19)20-15-9-4-10-16-20/h2-17H,21H2,1H3/q+1. The molecule has 0 fully saturated rings. The first kappa shape index (κ1) is 15.0. The first-order valence-corrected chi connectivity index (χ1v) is 9.43. The molecule has 0 aliphatic carbocycles. The van der Waals surface area contributed by atoms with E-state index in [0.29, 0.717) is 0 Å². The van der Waals surface area contributed by atoms with Crippen LogP contribution in [0.3, 0.4) is 0 Å². The maximum atomic E-state index is 6.62. The van der Waals surface area contributed by atoms with Crippen LogP contribution < -0.4 is 21.6 Å². The van der Waals surface area contributed by atoms with Crippen LogP contribution in [0.15, 0.2) is 91.0 Å². The normalized spacial score (nSPS) is 12.8. The lowest BCUT2D eigenvalue weighted by Gasteiger charge is -2.30. The van der Waals surface area contributed by atoms with Gasteiger partial charge in [-0.2, -0.15) is 0 Å². The monoisotopic (exact) mass is 306 g/mol. The zero-order valence-electron chi connectivity index (χ0n) is 12.8. The van der Waals surface area contributed by atoms with Crippen LogP contribution in [0, 0.1) is 0 Å². The summed E-state index contributed by atoms with van der Waals surface area (Å²) in [6, 6.07) is 32.2. The Bertz CT molecular complexity index is 612. The molecule has 2 heteroatoms. The fraction of sp³-hybridized carbons (Fsp3) is 0.100. The van der Waals surface area contributed by atoms with Crippen LogP contribution in [0.1, 0.15) is 6.92 Å². The lowest BCUT2D eigenvalue weighted by molar-refractivity contribution is 1.03. The molecule has 0 bridgehead atoms. The molecule has 2 N–H and O–H groups in total. The molecule has 1 atom stereocenters. The van der Waals surface area contributed by atoms with E-state index in [4.69, 9.17) is 5.73 Å². The lowest BCUT2D eigenvalue weighted by Crippen LogP contribution is -2.41. The Morgan fingerprint density at radius 1 is 0.591 bits per heavy atom. The Balaban J connectivity index is 2.34. The third kappa shape index (κ3) is 2.47. The third-order valence-electron chi connectivity index (χ3n) is 4.10. The van der Waals surface area contributed by atoms with Crippen molar-refractivity contribution in [1.82, 2.24) is 0 Å². The van der Waals surface area contributed by atoms with Crippen molar-refractivity contribution in [2.45, 2.75) is 12.7 Å². The number of hydrogen-bond acceptors (Lipinski definition) is 1. The predicted molar refractivity (Wildman–Crippen MR) is 98.8 cm³/mol. The van der Waals surface area contributed by atoms with Gasteiger partial charge in [-0.05, 0) is 43.3 Å². The molecule has 3 rings (SSSR count). The SMILES string of the molecule is CC(N)[P+](c1ccccc1)(c1ccccc1)c1ccccc1. The van der Waals surface area contributed by atoms with E-state index in [1.54, 1.807) is 0 Å². The lowest BCUT2D eigenvalue weighted by atomic mass is 10.4. The maximum absolute atomic E-state index is 6.62. The van der Waals surface area contributed by atoms with Crippen LogP contribution in [0.25, 0.3) is 0 Å². The van der Waals surface area contributed by atoms with E-state index in [9.17, 15) is 0 Å². The van der Waals surface area contributed by atoms with E-state index in [0.717, 1.165) is 0 Å². The minimum Gasteiger partial charge on any atom is -0.296 e. The van der Waals surface area contributed by atoms with E-state index in [2.05, 4.69) is 97.9 Å². The molecule has 0 amide bonds. The Kier molecular flexibility index (Phi) is 4.38. The molecule has 0 spiro atoms. The largest absolute Gasteiger partial charge is 0.296 e. The van der Waals surface area contributed by atoms with Crippen molar-refractivity contribution < 1.29 is 0 Å². The van der Waals surface area contributed by atoms with E-state index in [-0.39, 0.29) is 5.78 Å². The van der Waals surface area contributed by atoms with Gasteiger partial charge in [-0.15, -0.1) is 0 Å². The highest BCUT2D eigenvalue weighted by atomic mass is 31.2. The highest BCUT2D eigenvalue weighted by Gasteiger charge is 2.48. The van der Waals surface area contributed by atoms with Crippen molar-refractivity contribution in [3.63, 3.8) is 0 Å². The summed E-state index contributed by atoms with van der Waals surface area (Å²) in [7, 11) is -1.85. The predicted octanol–water partition coefficient (Wildman–Crippen LogP) is 3.29. The molecule has 1 nitrogen and oxygen atoms in total. The molecule has 3 aromatic carbocycles. The van der Waals surface area contributed by atoms with E-state index in [1.807, 2.05) is 0 Å². The second-order valence-electron chi connectivity index (χ2n) is 5.47. The second-order valence-corrected chi connectivity index (χ2v) is 9.28. The molecule has 0 saturated carbocycles. The van der Waals surface area contributed by atoms with Crippen molar-refractivity contribution in [1.29, 1.82) is 0 Å². The van der Waals surface area contributed by atoms with Crippen molar-refractivity contribution >= 4 is 23.2 Å². The van der Waals surface area contributed by atoms with Crippen LogP contribution in [-0.4, -0.2) is 5.78 Å². The van der Waals surface area contributed by atoms with E-state index >= 15 is 0 Å². The van der Waals surface area contributed by atoms with Gasteiger partial charge in [-0.1, -0.05) is 54.6 Å². The molecular weight excluding hydrogens is 285 g/mol. The number of rotatable bonds is 4. The Morgan fingerprint density at radius 2 is 0.864 bits per heavy atom. The van der Waals surface area contributed by atoms with Gasteiger partial charge in [0.1, 0.15) is 29.0 Å². The van der Waals surface area contributed by atoms with Gasteiger partial charge >= 0.3 is 0 Å². The summed E-state index contributed by atoms with van der Waals surface area (Å²) in [5, 5.41) is 4.01. The summed E-state index contributed by atoms with van der Waals surface area (Å²) in [6.45, 7) is 2.14. The van der Waals surface area contributed by atoms with Crippen LogP contribution in [0.5, 0.6) is 0 Å². The van der Waals surface area contributed by atoms with E-state index in [1.165, 1.54) is 15.9 Å². The number of nitrogens with two attached hydrogens (primary N) is 1. The summed E-state index contributed by atoms with van der Waals surface area (Å²) in [4.78, 5) is 0. The minimum atomic E-state index is -1.85. The molecule has 0 radical (unpaired) electrons. The number of hydrogen-bond donors (Lipinski definition) is 1. The topological polar surface area (TPSA) is 26.0 Å². The van der Waals surface area contributed by atoms with Gasteiger partial charge in [0.25, 0.3) is 0 Å². The summed E-state index contributed by atoms with van der Waals surface area (Å²) >= 11 is 0. The molecule has 22 heavy (non-hydrogen) atoms. The second kappa shape index (κ2) is 6.44. The summed E-state index contributed by atoms with van der Waals surface area (Å²) in [5.41, 5.74) is 6.62. The summed E-state index contributed by atoms with van der Waals surface area (Å²) in [6.07, 6.45) is 0. The van der Waals surface area contributed by atoms with Gasteiger partial charge in [-0.25, -0.2) is 0 Å². The molecule has 110 valence electrons. The quantitative estimate of drug-likeness (QED) is 0.736. The summed E-state index contributed by atoms with van der Waals surface area (Å²) < 4.78 is 0. The molecule has 0 heterocycles. The van der Waals surface area contributed by atoms with Crippen LogP contribution in [0.4, 0.5) is 0 Å². The highest BCUT2D eigenvalue weighted by molar-refractivity contribution is 7.96. The van der Waals surface area contributed by atoms with Gasteiger partial charge in [0.05, 0.1) is 0 Å². The number of benzene rings is 3. The minimum absolute atomic E-state index is 0.0553. The average Bonchev–Trinajstić information content (AvgIpc) is 2.58. The third-order valence-corrected chi connectivity index (χ3v) is 8.66. The highest BCUT2D eigenvalue weighted by Crippen LogP contribution is 2.57. The maximum Gasteiger partial charge on any atom is 0.129 e. The van der Waals surface area contributed by atoms with Crippen molar-refractivity contribution in [2.24, 2.45) is 5.73 Å². The Morgan fingerprint density at radius 3 is 1.09 bits per heavy atom. The molecule has 0 aromatic heterocycles. The fourth-order valence-corrected chi connectivity index (χ4v) is 7.37. The molecule has 3 aromatic rings. The van der Waals surface area contributed by atoms with Crippen molar-refractivity contribution in [2.75, 3.05) is 0 Å². The van der Waals surface area contributed by atoms with Crippen LogP contribution in [-0.2, 0) is 0 Å². The zero-order valence-corrected chi connectivity index (χ0v) is 13.7. The van der Waals surface area contributed by atoms with E-state index < -0.39 is 7.26 Å². The fourth-order valence-electron chi connectivity index (χ4n) is 3.14. The van der Waals surface area contributed by atoms with Gasteiger partial charge < -0.3 is 0 Å². The Hall–Kier alpha value is -1.95. The average molecular weight is 306 g/mol. The van der Waals surface area contributed by atoms with Gasteiger partial charge in [0, 0.05) is 0 Å². The molecule has 0 saturated heterocycles. The zero-order chi connectivity index (χ0) is 15.4. The van der Waals surface area contributed by atoms with Crippen LogP contribution in [0.2, 0.25) is 0 Å². The van der Waals surface area contributed by atoms with Crippen molar-refractivity contribution in [3.05, 3.63) is 91.0 Å². The van der Waals surface area contributed by atoms with Crippen LogP contribution >= 0.6 is 7.26 Å². The van der Waals surface area contributed by atoms with Gasteiger partial charge in [0.2, 0.25) is 0 Å². The van der Waals surface area contributed by atoms with Gasteiger partial charge in [-0.3, -0.25) is 5.73 Å². The first-order valence-electron chi connectivity index (χ1n) is 7.57. The summed E-state index contributed by atoms with van der Waals surface area (Å²) in [5.74, 6) is 0.0553. The molecule has 1 unspecified atom stereocenters. The molecular formula is C20H21NP+.